The van der Waals surface area contributed by atoms with Crippen molar-refractivity contribution in [3.05, 3.63) is 69.8 Å². The van der Waals surface area contributed by atoms with Crippen LogP contribution in [-0.4, -0.2) is 26.5 Å². The molecule has 0 saturated carbocycles. The highest BCUT2D eigenvalue weighted by Crippen LogP contribution is 2.19. The highest BCUT2D eigenvalue weighted by atomic mass is 16.4. The number of carboxylic acids is 1. The van der Waals surface area contributed by atoms with Crippen molar-refractivity contribution in [2.45, 2.75) is 20.4 Å². The van der Waals surface area contributed by atoms with Crippen LogP contribution in [0.1, 0.15) is 21.6 Å². The molecular formula is C19H17N3O4. The highest BCUT2D eigenvalue weighted by molar-refractivity contribution is 6.06. The smallest absolute Gasteiger partial charge is 0.323 e. The van der Waals surface area contributed by atoms with Gasteiger partial charge in [0.25, 0.3) is 11.5 Å². The lowest BCUT2D eigenvalue weighted by atomic mass is 10.1. The number of aryl methyl sites for hydroxylation is 2. The summed E-state index contributed by atoms with van der Waals surface area (Å²) in [7, 11) is 0. The van der Waals surface area contributed by atoms with E-state index in [0.29, 0.717) is 16.9 Å². The maximum absolute atomic E-state index is 12.6. The van der Waals surface area contributed by atoms with Crippen LogP contribution in [-0.2, 0) is 11.3 Å². The van der Waals surface area contributed by atoms with Gasteiger partial charge in [-0.15, -0.1) is 0 Å². The second kappa shape index (κ2) is 6.79. The molecule has 0 aliphatic heterocycles. The van der Waals surface area contributed by atoms with Crippen LogP contribution in [0.25, 0.3) is 10.9 Å². The molecule has 0 spiro atoms. The second-order valence-corrected chi connectivity index (χ2v) is 6.05. The number of hydrogen-bond donors (Lipinski definition) is 2. The van der Waals surface area contributed by atoms with Crippen LogP contribution in [0, 0.1) is 13.8 Å². The van der Waals surface area contributed by atoms with E-state index >= 15 is 0 Å². The van der Waals surface area contributed by atoms with Crippen LogP contribution in [0.5, 0.6) is 0 Å². The van der Waals surface area contributed by atoms with Gasteiger partial charge in [0.15, 0.2) is 0 Å². The summed E-state index contributed by atoms with van der Waals surface area (Å²) in [4.78, 5) is 39.6. The zero-order valence-corrected chi connectivity index (χ0v) is 14.3. The molecule has 2 heterocycles. The number of carbonyl (C=O) groups is 2. The van der Waals surface area contributed by atoms with E-state index in [1.807, 2.05) is 25.1 Å². The number of rotatable bonds is 4. The lowest BCUT2D eigenvalue weighted by molar-refractivity contribution is -0.137. The summed E-state index contributed by atoms with van der Waals surface area (Å²) in [6.07, 6.45) is 1.31. The van der Waals surface area contributed by atoms with Gasteiger partial charge in [0.05, 0.1) is 22.5 Å². The molecule has 2 aromatic heterocycles. The Balaban J connectivity index is 1.92. The summed E-state index contributed by atoms with van der Waals surface area (Å²) in [5, 5.41) is 12.4. The maximum Gasteiger partial charge on any atom is 0.323 e. The molecule has 2 N–H and O–H groups in total. The Morgan fingerprint density at radius 3 is 2.65 bits per heavy atom. The number of fused-ring (bicyclic) bond motifs is 1. The largest absolute Gasteiger partial charge is 0.480 e. The number of aromatic nitrogens is 2. The summed E-state index contributed by atoms with van der Waals surface area (Å²) >= 11 is 0. The van der Waals surface area contributed by atoms with Crippen molar-refractivity contribution in [1.29, 1.82) is 0 Å². The molecule has 3 aromatic rings. The third kappa shape index (κ3) is 3.61. The second-order valence-electron chi connectivity index (χ2n) is 6.05. The van der Waals surface area contributed by atoms with Gasteiger partial charge in [-0.05, 0) is 37.6 Å². The first-order chi connectivity index (χ1) is 12.3. The minimum Gasteiger partial charge on any atom is -0.480 e. The zero-order valence-electron chi connectivity index (χ0n) is 14.3. The Morgan fingerprint density at radius 1 is 1.15 bits per heavy atom. The zero-order chi connectivity index (χ0) is 18.8. The van der Waals surface area contributed by atoms with E-state index in [2.05, 4.69) is 10.3 Å². The number of nitrogens with one attached hydrogen (secondary N) is 1. The molecule has 0 aliphatic rings. The van der Waals surface area contributed by atoms with E-state index in [-0.39, 0.29) is 5.91 Å². The number of pyridine rings is 2. The van der Waals surface area contributed by atoms with Crippen molar-refractivity contribution in [3.63, 3.8) is 0 Å². The monoisotopic (exact) mass is 351 g/mol. The number of hydrogen-bond acceptors (Lipinski definition) is 4. The molecule has 7 nitrogen and oxygen atoms in total. The fraction of sp³-hybridized carbons (Fsp3) is 0.158. The molecule has 0 fully saturated rings. The van der Waals surface area contributed by atoms with Crippen molar-refractivity contribution in [2.75, 3.05) is 5.32 Å². The van der Waals surface area contributed by atoms with Crippen LogP contribution in [0.2, 0.25) is 0 Å². The average molecular weight is 351 g/mol. The van der Waals surface area contributed by atoms with Crippen LogP contribution < -0.4 is 10.9 Å². The van der Waals surface area contributed by atoms with E-state index in [1.165, 1.54) is 18.3 Å². The Labute approximate surface area is 148 Å². The summed E-state index contributed by atoms with van der Waals surface area (Å²) in [5.74, 6) is -1.52. The highest BCUT2D eigenvalue weighted by Gasteiger charge is 2.13. The van der Waals surface area contributed by atoms with Gasteiger partial charge in [0.1, 0.15) is 6.54 Å². The van der Waals surface area contributed by atoms with Crippen molar-refractivity contribution < 1.29 is 14.7 Å². The molecule has 132 valence electrons. The van der Waals surface area contributed by atoms with Gasteiger partial charge in [-0.1, -0.05) is 12.1 Å². The van der Waals surface area contributed by atoms with Gasteiger partial charge in [-0.3, -0.25) is 19.4 Å². The molecule has 0 aliphatic carbocycles. The first-order valence-electron chi connectivity index (χ1n) is 7.95. The average Bonchev–Trinajstić information content (AvgIpc) is 2.56. The molecule has 0 radical (unpaired) electrons. The fourth-order valence-corrected chi connectivity index (χ4v) is 2.68. The summed E-state index contributed by atoms with van der Waals surface area (Å²) in [5.41, 5.74) is 2.77. The number of benzene rings is 1. The number of amides is 1. The van der Waals surface area contributed by atoms with Crippen molar-refractivity contribution in [3.8, 4) is 0 Å². The van der Waals surface area contributed by atoms with Crippen molar-refractivity contribution in [1.82, 2.24) is 9.55 Å². The first-order valence-corrected chi connectivity index (χ1v) is 7.95. The predicted octanol–water partition coefficient (Wildman–Crippen LogP) is 2.35. The van der Waals surface area contributed by atoms with Crippen LogP contribution in [0.3, 0.4) is 0 Å². The standard InChI is InChI=1S/C19H17N3O4/c1-11-3-4-13-8-15(12(2)20-16(13)7-11)19(26)21-14-5-6-17(23)22(9-14)10-18(24)25/h3-9H,10H2,1-2H3,(H,21,26)(H,24,25). The summed E-state index contributed by atoms with van der Waals surface area (Å²) < 4.78 is 1.02. The van der Waals surface area contributed by atoms with Crippen molar-refractivity contribution in [2.24, 2.45) is 0 Å². The van der Waals surface area contributed by atoms with E-state index in [9.17, 15) is 14.4 Å². The maximum atomic E-state index is 12.6. The van der Waals surface area contributed by atoms with Gasteiger partial charge in [0, 0.05) is 17.6 Å². The molecule has 1 amide bonds. The van der Waals surface area contributed by atoms with Gasteiger partial charge in [-0.25, -0.2) is 0 Å². The Hall–Kier alpha value is -3.48. The number of carboxylic acid groups (broad SMARTS) is 1. The Morgan fingerprint density at radius 2 is 1.92 bits per heavy atom. The van der Waals surface area contributed by atoms with Crippen LogP contribution in [0.15, 0.2) is 47.4 Å². The Kier molecular flexibility index (Phi) is 4.53. The minimum atomic E-state index is -1.14. The molecular weight excluding hydrogens is 334 g/mol. The molecule has 0 unspecified atom stereocenters. The van der Waals surface area contributed by atoms with Gasteiger partial charge in [-0.2, -0.15) is 0 Å². The van der Waals surface area contributed by atoms with Crippen LogP contribution >= 0.6 is 0 Å². The van der Waals surface area contributed by atoms with Gasteiger partial charge >= 0.3 is 5.97 Å². The lowest BCUT2D eigenvalue weighted by Gasteiger charge is -2.10. The fourth-order valence-electron chi connectivity index (χ4n) is 2.68. The van der Waals surface area contributed by atoms with Gasteiger partial charge < -0.3 is 15.0 Å². The molecule has 0 bridgehead atoms. The van der Waals surface area contributed by atoms with E-state index in [4.69, 9.17) is 5.11 Å². The quantitative estimate of drug-likeness (QED) is 0.751. The molecule has 26 heavy (non-hydrogen) atoms. The third-order valence-corrected chi connectivity index (χ3v) is 3.96. The van der Waals surface area contributed by atoms with Crippen LogP contribution in [0.4, 0.5) is 5.69 Å². The van der Waals surface area contributed by atoms with Gasteiger partial charge in [0.2, 0.25) is 0 Å². The summed E-state index contributed by atoms with van der Waals surface area (Å²) in [6, 6.07) is 10.2. The topological polar surface area (TPSA) is 101 Å². The molecule has 1 aromatic carbocycles. The third-order valence-electron chi connectivity index (χ3n) is 3.96. The lowest BCUT2D eigenvalue weighted by Crippen LogP contribution is -2.24. The molecule has 0 saturated heterocycles. The predicted molar refractivity (Wildman–Crippen MR) is 97.5 cm³/mol. The van der Waals surface area contributed by atoms with E-state index in [1.54, 1.807) is 13.0 Å². The number of carbonyl (C=O) groups excluding carboxylic acids is 1. The summed E-state index contributed by atoms with van der Waals surface area (Å²) in [6.45, 7) is 3.25. The minimum absolute atomic E-state index is 0.333. The first kappa shape index (κ1) is 17.3. The number of nitrogens with zero attached hydrogens (tertiary/aromatic N) is 2. The SMILES string of the molecule is Cc1ccc2cc(C(=O)Nc3ccc(=O)n(CC(=O)O)c3)c(C)nc2c1. The Bertz CT molecular complexity index is 1090. The van der Waals surface area contributed by atoms with E-state index in [0.717, 1.165) is 21.0 Å². The normalized spacial score (nSPS) is 10.7. The number of anilines is 1. The van der Waals surface area contributed by atoms with Crippen molar-refractivity contribution >= 4 is 28.5 Å². The molecule has 7 heteroatoms. The van der Waals surface area contributed by atoms with E-state index < -0.39 is 18.1 Å². The number of aliphatic carboxylic acids is 1. The molecule has 3 rings (SSSR count). The molecule has 0 atom stereocenters.